The van der Waals surface area contributed by atoms with E-state index >= 15 is 24.0 Å². The van der Waals surface area contributed by atoms with E-state index in [-0.39, 0.29) is 40.3 Å². The second kappa shape index (κ2) is 33.7. The van der Waals surface area contributed by atoms with Crippen LogP contribution in [0.4, 0.5) is 0 Å². The molecular formula is C82H83Cl2N9O26S. The van der Waals surface area contributed by atoms with E-state index < -0.39 is 258 Å². The summed E-state index contributed by atoms with van der Waals surface area (Å²) in [4.78, 5) is 118. The molecule has 0 radical (unpaired) electrons. The molecule has 7 aliphatic heterocycles. The first-order valence-electron chi connectivity index (χ1n) is 37.8. The van der Waals surface area contributed by atoms with E-state index in [1.807, 2.05) is 44.2 Å². The number of primary amides is 1. The van der Waals surface area contributed by atoms with Crippen LogP contribution in [0.5, 0.6) is 46.0 Å². The average Bonchev–Trinajstić information content (AvgIpc) is 0.736. The molecule has 18 atom stereocenters. The number of hydrogen-bond donors (Lipinski definition) is 18. The van der Waals surface area contributed by atoms with Gasteiger partial charge in [0.25, 0.3) is 10.1 Å². The number of aliphatic carboxylic acids is 1. The summed E-state index contributed by atoms with van der Waals surface area (Å²) >= 11 is 14.4. The van der Waals surface area contributed by atoms with E-state index in [0.717, 1.165) is 88.3 Å². The van der Waals surface area contributed by atoms with Crippen LogP contribution in [0, 0.1) is 5.92 Å². The van der Waals surface area contributed by atoms with Crippen LogP contribution in [0.25, 0.3) is 43.4 Å². The van der Waals surface area contributed by atoms with Gasteiger partial charge in [-0.3, -0.25) is 37.7 Å². The molecule has 2 saturated heterocycles. The number of benzene rings is 9. The Balaban J connectivity index is 0.969. The molecule has 10 unspecified atom stereocenters. The number of carbonyl (C=O) groups excluding carboxylic acids is 7. The number of halogens is 2. The van der Waals surface area contributed by atoms with Gasteiger partial charge in [-0.2, -0.15) is 8.42 Å². The van der Waals surface area contributed by atoms with Gasteiger partial charge >= 0.3 is 5.97 Å². The second-order valence-corrected chi connectivity index (χ2v) is 33.2. The number of likely N-dealkylation sites (N-methyl/N-ethyl adjacent to an activating group) is 1. The van der Waals surface area contributed by atoms with E-state index in [2.05, 4.69) is 37.2 Å². The minimum Gasteiger partial charge on any atom is -0.508 e. The zero-order valence-electron chi connectivity index (χ0n) is 64.2. The molecule has 0 saturated carbocycles. The number of aliphatic hydroxyl groups excluding tert-OH is 5. The van der Waals surface area contributed by atoms with Crippen molar-refractivity contribution in [1.82, 2.24) is 37.2 Å². The third-order valence-corrected chi connectivity index (χ3v) is 23.6. The van der Waals surface area contributed by atoms with Crippen molar-refractivity contribution in [2.45, 2.75) is 161 Å². The topological polar surface area (TPSA) is 554 Å². The molecule has 38 heteroatoms. The van der Waals surface area contributed by atoms with Crippen molar-refractivity contribution in [2.75, 3.05) is 13.7 Å². The number of nitrogens with one attached hydrogen (secondary N) is 7. The summed E-state index contributed by atoms with van der Waals surface area (Å²) in [5.74, 6) is -16.7. The summed E-state index contributed by atoms with van der Waals surface area (Å²) in [5.41, 5.74) is 7.89. The fourth-order valence-corrected chi connectivity index (χ4v) is 17.0. The fourth-order valence-electron chi connectivity index (χ4n) is 15.6. The molecule has 0 spiro atoms. The Hall–Kier alpha value is -11.3. The molecule has 0 aliphatic carbocycles. The maximum absolute atomic E-state index is 16.3. The van der Waals surface area contributed by atoms with Crippen molar-refractivity contribution >= 4 is 113 Å². The third kappa shape index (κ3) is 17.0. The Labute approximate surface area is 692 Å². The summed E-state index contributed by atoms with van der Waals surface area (Å²) in [6.07, 6.45) is -20.2. The third-order valence-electron chi connectivity index (χ3n) is 21.7. The van der Waals surface area contributed by atoms with Crippen LogP contribution in [0.2, 0.25) is 10.0 Å². The lowest BCUT2D eigenvalue weighted by molar-refractivity contribution is -0.333. The highest BCUT2D eigenvalue weighted by atomic mass is 35.5. The molecule has 11 bridgehead atoms. The SMILES string of the molecule is CN[C@@H](CC(C)C)C(=O)N[C@H]1C(=O)N[C@@H](CC(N)=O)C(=O)N[C@H]2C(=O)NC3C(=O)N[C@H](C(=O)N[C@@H](C(=O)O)c4cc(O)cc(O)c4-c4cc3ccc4O)[C@H](O)c3ccc(c(Cl)c3)Oc3cc2cc(c3OC2OC(COS(=O)(=O)c3cc4ccc5cccc6ccc(c3)c4c56)C(O)C(O)C2OC2CC(C)(N)C(O)C(C)O2)Oc2ccc(cc2Cl)[C@H]1O. The predicted molar refractivity (Wildman–Crippen MR) is 425 cm³/mol. The van der Waals surface area contributed by atoms with E-state index in [1.54, 1.807) is 12.1 Å². The largest absolute Gasteiger partial charge is 0.508 e. The number of nitrogens with two attached hydrogens (primary N) is 2. The molecule has 120 heavy (non-hydrogen) atoms. The zero-order chi connectivity index (χ0) is 86.2. The number of carboxylic acids is 1. The summed E-state index contributed by atoms with van der Waals surface area (Å²) in [7, 11) is -3.40. The molecule has 9 aromatic rings. The van der Waals surface area contributed by atoms with Gasteiger partial charge in [0, 0.05) is 34.7 Å². The van der Waals surface area contributed by atoms with Gasteiger partial charge in [0.05, 0.1) is 46.2 Å². The number of fused-ring (bicyclic) bond motifs is 15. The van der Waals surface area contributed by atoms with Gasteiger partial charge in [-0.05, 0) is 155 Å². The van der Waals surface area contributed by atoms with Crippen LogP contribution in [0.15, 0.2) is 138 Å². The van der Waals surface area contributed by atoms with Gasteiger partial charge in [-0.15, -0.1) is 0 Å². The lowest BCUT2D eigenvalue weighted by Gasteiger charge is -2.47. The number of carbonyl (C=O) groups is 8. The molecule has 0 aromatic heterocycles. The molecule has 7 aliphatic rings. The summed E-state index contributed by atoms with van der Waals surface area (Å²) < 4.78 is 74.6. The molecule has 7 heterocycles. The number of hydrogen-bond acceptors (Lipinski definition) is 27. The van der Waals surface area contributed by atoms with Crippen LogP contribution in [-0.2, 0) is 66.9 Å². The zero-order valence-corrected chi connectivity index (χ0v) is 66.5. The number of phenols is 3. The number of aliphatic hydroxyl groups is 5. The normalized spacial score (nSPS) is 26.9. The number of phenolic OH excluding ortho intramolecular Hbond substituents is 3. The highest BCUT2D eigenvalue weighted by Crippen LogP contribution is 2.51. The van der Waals surface area contributed by atoms with Crippen LogP contribution >= 0.6 is 23.2 Å². The first kappa shape index (κ1) is 85.1. The highest BCUT2D eigenvalue weighted by Gasteiger charge is 2.52. The van der Waals surface area contributed by atoms with Crippen LogP contribution in [0.1, 0.15) is 105 Å². The van der Waals surface area contributed by atoms with E-state index in [1.165, 1.54) is 45.2 Å². The van der Waals surface area contributed by atoms with Crippen molar-refractivity contribution in [2.24, 2.45) is 17.4 Å². The Morgan fingerprint density at radius 3 is 1.85 bits per heavy atom. The van der Waals surface area contributed by atoms with E-state index in [9.17, 15) is 68.8 Å². The summed E-state index contributed by atoms with van der Waals surface area (Å²) in [6.45, 7) is 5.48. The van der Waals surface area contributed by atoms with Gasteiger partial charge < -0.3 is 123 Å². The van der Waals surface area contributed by atoms with Crippen molar-refractivity contribution in [1.29, 1.82) is 0 Å². The Morgan fingerprint density at radius 2 is 1.25 bits per heavy atom. The fraction of sp³-hybridized carbons (Fsp3) is 0.341. The molecule has 35 nitrogen and oxygen atoms in total. The monoisotopic (exact) mass is 1710 g/mol. The molecular weight excluding hydrogens is 1630 g/mol. The first-order valence-corrected chi connectivity index (χ1v) is 39.9. The number of carboxylic acid groups (broad SMARTS) is 1. The maximum atomic E-state index is 16.3. The van der Waals surface area contributed by atoms with Crippen molar-refractivity contribution in [3.05, 3.63) is 171 Å². The predicted octanol–water partition coefficient (Wildman–Crippen LogP) is 4.42. The lowest BCUT2D eigenvalue weighted by Crippen LogP contribution is -2.64. The quantitative estimate of drug-likeness (QED) is 0.0470. The summed E-state index contributed by atoms with van der Waals surface area (Å²) in [6, 6.07) is 14.4. The molecule has 16 rings (SSSR count). The number of aromatic hydroxyl groups is 3. The second-order valence-electron chi connectivity index (χ2n) is 30.7. The van der Waals surface area contributed by atoms with Crippen molar-refractivity contribution in [3.8, 4) is 57.1 Å². The van der Waals surface area contributed by atoms with Crippen LogP contribution in [-0.4, -0.2) is 194 Å². The Morgan fingerprint density at radius 1 is 0.658 bits per heavy atom. The molecule has 7 amide bonds. The number of ether oxygens (including phenoxy) is 6. The Bertz CT molecular complexity index is 5660. The molecule has 20 N–H and O–H groups in total. The first-order chi connectivity index (χ1) is 56.8. The molecule has 632 valence electrons. The van der Waals surface area contributed by atoms with Crippen molar-refractivity contribution < 1.29 is 125 Å². The van der Waals surface area contributed by atoms with E-state index in [0.29, 0.717) is 10.8 Å². The van der Waals surface area contributed by atoms with Gasteiger partial charge in [-0.25, -0.2) is 4.79 Å². The standard InChI is InChI=1S/C82H83Cl2N9O26S/c1-32(2)19-48(87-5)74(103)92-65-67(98)39-14-17-52(46(83)23-39)115-54-25-41-26-55(71(54)119-81-72(118-58-30-82(4,86)73(102)33(3)114-58)70(101)69(100)56(117-81)31-113-120(111,112)43-20-36-11-9-34-7-6-8-35-10-12-37(21-43)60(36)59(34)35)116-53-18-15-40(24-47(53)84)68(99)66-79(108)91-64(80(109)110)45-27-42(94)28-51(96)61(45)44-22-38(13-16-50(44)95)62(76(105)93-66)90-77(106)63(41)89-75(104)49(29-57(85)97)88-78(65)107/h6-18,20-28,32-33,48-49,56,58,62-70,72-73,81,87,94-96,98-102H,19,29-31,86H2,1-5H3,(H2,85,97)(H,88,107)(H,89,104)(H,90,106)(H,91,108)(H,92,103)(H,93,105)(H,109,110)/t33?,48-,49-,56?,58?,62?,63+,64+,65+,66-,67+,68+,69?,70?,72?,73?,81?,82?/m0/s1. The Kier molecular flexibility index (Phi) is 23.9. The van der Waals surface area contributed by atoms with Gasteiger partial charge in [0.1, 0.15) is 89.5 Å². The van der Waals surface area contributed by atoms with E-state index in [4.69, 9.17) is 67.3 Å². The van der Waals surface area contributed by atoms with Gasteiger partial charge in [0.15, 0.2) is 29.9 Å². The minimum absolute atomic E-state index is 0.127. The van der Waals surface area contributed by atoms with Crippen LogP contribution in [0.3, 0.4) is 0 Å². The van der Waals surface area contributed by atoms with Crippen LogP contribution < -0.4 is 62.9 Å². The smallest absolute Gasteiger partial charge is 0.330 e. The van der Waals surface area contributed by atoms with Gasteiger partial charge in [-0.1, -0.05) is 97.7 Å². The maximum Gasteiger partial charge on any atom is 0.330 e. The summed E-state index contributed by atoms with van der Waals surface area (Å²) in [5, 5.41) is 127. The number of amides is 7. The molecule has 9 aromatic carbocycles. The highest BCUT2D eigenvalue weighted by molar-refractivity contribution is 7.86. The minimum atomic E-state index is -4.87. The lowest BCUT2D eigenvalue weighted by atomic mass is 9.86. The van der Waals surface area contributed by atoms with Gasteiger partial charge in [0.2, 0.25) is 53.4 Å². The number of rotatable bonds is 16. The van der Waals surface area contributed by atoms with Crippen molar-refractivity contribution in [3.63, 3.8) is 0 Å². The average molecular weight is 1710 g/mol. The molecule has 2 fully saturated rings.